The molecule has 1 rings (SSSR count). The van der Waals surface area contributed by atoms with Crippen LogP contribution < -0.4 is 10.6 Å². The standard InChI is InChI=1S/C14H26N4S/c1-6-15-13-11(4)14(18-12(5)17-13)16-10(3)8-9-19-7-2/h10H,6-9H2,1-5H3,(H2,15,16,17,18). The van der Waals surface area contributed by atoms with Gasteiger partial charge in [-0.2, -0.15) is 11.8 Å². The van der Waals surface area contributed by atoms with Gasteiger partial charge in [0.2, 0.25) is 0 Å². The summed E-state index contributed by atoms with van der Waals surface area (Å²) in [6.45, 7) is 11.4. The van der Waals surface area contributed by atoms with Crippen molar-refractivity contribution in [3.8, 4) is 0 Å². The number of aromatic nitrogens is 2. The molecule has 19 heavy (non-hydrogen) atoms. The van der Waals surface area contributed by atoms with Crippen molar-refractivity contribution in [2.24, 2.45) is 0 Å². The second-order valence-electron chi connectivity index (χ2n) is 4.65. The second kappa shape index (κ2) is 8.25. The van der Waals surface area contributed by atoms with E-state index in [0.29, 0.717) is 6.04 Å². The fourth-order valence-corrected chi connectivity index (χ4v) is 2.63. The second-order valence-corrected chi connectivity index (χ2v) is 6.05. The van der Waals surface area contributed by atoms with E-state index in [1.807, 2.05) is 18.7 Å². The summed E-state index contributed by atoms with van der Waals surface area (Å²) in [6, 6.07) is 0.432. The molecule has 0 saturated heterocycles. The van der Waals surface area contributed by atoms with E-state index in [-0.39, 0.29) is 0 Å². The van der Waals surface area contributed by atoms with Gasteiger partial charge in [0, 0.05) is 18.2 Å². The molecule has 0 radical (unpaired) electrons. The molecular formula is C14H26N4S. The normalized spacial score (nSPS) is 12.3. The molecule has 2 N–H and O–H groups in total. The predicted octanol–water partition coefficient (Wildman–Crippen LogP) is 3.47. The average molecular weight is 282 g/mol. The molecule has 4 nitrogen and oxygen atoms in total. The Kier molecular flexibility index (Phi) is 6.99. The molecule has 0 fully saturated rings. The molecule has 0 amide bonds. The van der Waals surface area contributed by atoms with Crippen molar-refractivity contribution in [3.63, 3.8) is 0 Å². The van der Waals surface area contributed by atoms with E-state index in [9.17, 15) is 0 Å². The molecule has 108 valence electrons. The minimum atomic E-state index is 0.432. The fourth-order valence-electron chi connectivity index (χ4n) is 1.82. The maximum atomic E-state index is 4.51. The van der Waals surface area contributed by atoms with Gasteiger partial charge in [-0.25, -0.2) is 9.97 Å². The molecule has 0 bridgehead atoms. The van der Waals surface area contributed by atoms with E-state index >= 15 is 0 Å². The number of nitrogens with zero attached hydrogens (tertiary/aromatic N) is 2. The van der Waals surface area contributed by atoms with E-state index in [1.165, 1.54) is 11.5 Å². The number of hydrogen-bond donors (Lipinski definition) is 2. The van der Waals surface area contributed by atoms with Gasteiger partial charge in [0.1, 0.15) is 17.5 Å². The topological polar surface area (TPSA) is 49.8 Å². The summed E-state index contributed by atoms with van der Waals surface area (Å²) >= 11 is 1.98. The highest BCUT2D eigenvalue weighted by Gasteiger charge is 2.10. The Labute approximate surface area is 121 Å². The number of hydrogen-bond acceptors (Lipinski definition) is 5. The number of anilines is 2. The maximum Gasteiger partial charge on any atom is 0.134 e. The highest BCUT2D eigenvalue weighted by atomic mass is 32.2. The fraction of sp³-hybridized carbons (Fsp3) is 0.714. The van der Waals surface area contributed by atoms with Crippen LogP contribution in [-0.4, -0.2) is 34.1 Å². The Morgan fingerprint density at radius 1 is 1.16 bits per heavy atom. The van der Waals surface area contributed by atoms with Crippen LogP contribution in [0.15, 0.2) is 0 Å². The zero-order valence-corrected chi connectivity index (χ0v) is 13.5. The molecule has 1 unspecified atom stereocenters. The quantitative estimate of drug-likeness (QED) is 0.715. The van der Waals surface area contributed by atoms with Gasteiger partial charge in [-0.05, 0) is 45.6 Å². The van der Waals surface area contributed by atoms with E-state index in [0.717, 1.165) is 36.0 Å². The highest BCUT2D eigenvalue weighted by Crippen LogP contribution is 2.21. The zero-order chi connectivity index (χ0) is 14.3. The van der Waals surface area contributed by atoms with E-state index in [2.05, 4.69) is 48.3 Å². The third-order valence-electron chi connectivity index (χ3n) is 2.88. The Bertz CT molecular complexity index is 395. The van der Waals surface area contributed by atoms with Crippen molar-refractivity contribution in [3.05, 3.63) is 11.4 Å². The van der Waals surface area contributed by atoms with Gasteiger partial charge in [0.15, 0.2) is 0 Å². The Morgan fingerprint density at radius 3 is 2.47 bits per heavy atom. The molecular weight excluding hydrogens is 256 g/mol. The summed E-state index contributed by atoms with van der Waals surface area (Å²) in [6.07, 6.45) is 1.15. The molecule has 0 aliphatic rings. The Morgan fingerprint density at radius 2 is 1.84 bits per heavy atom. The van der Waals surface area contributed by atoms with Gasteiger partial charge >= 0.3 is 0 Å². The van der Waals surface area contributed by atoms with Crippen molar-refractivity contribution >= 4 is 23.4 Å². The van der Waals surface area contributed by atoms with Crippen LogP contribution in [0.25, 0.3) is 0 Å². The number of nitrogens with one attached hydrogen (secondary N) is 2. The van der Waals surface area contributed by atoms with Gasteiger partial charge in [-0.3, -0.25) is 0 Å². The van der Waals surface area contributed by atoms with Crippen LogP contribution in [0.2, 0.25) is 0 Å². The lowest BCUT2D eigenvalue weighted by Crippen LogP contribution is -2.19. The van der Waals surface area contributed by atoms with Gasteiger partial charge in [-0.1, -0.05) is 6.92 Å². The van der Waals surface area contributed by atoms with Gasteiger partial charge in [0.25, 0.3) is 0 Å². The number of rotatable bonds is 8. The summed E-state index contributed by atoms with van der Waals surface area (Å²) in [4.78, 5) is 8.95. The predicted molar refractivity (Wildman–Crippen MR) is 86.4 cm³/mol. The Balaban J connectivity index is 2.71. The maximum absolute atomic E-state index is 4.51. The van der Waals surface area contributed by atoms with Crippen molar-refractivity contribution in [1.82, 2.24) is 9.97 Å². The van der Waals surface area contributed by atoms with Crippen molar-refractivity contribution in [2.45, 2.75) is 47.1 Å². The first-order valence-electron chi connectivity index (χ1n) is 7.01. The first-order valence-corrected chi connectivity index (χ1v) is 8.17. The van der Waals surface area contributed by atoms with E-state index in [1.54, 1.807) is 0 Å². The monoisotopic (exact) mass is 282 g/mol. The molecule has 1 aromatic rings. The van der Waals surface area contributed by atoms with Crippen LogP contribution in [0.5, 0.6) is 0 Å². The summed E-state index contributed by atoms with van der Waals surface area (Å²) in [5.41, 5.74) is 1.10. The number of aryl methyl sites for hydroxylation is 1. The van der Waals surface area contributed by atoms with E-state index < -0.39 is 0 Å². The average Bonchev–Trinajstić information content (AvgIpc) is 2.35. The lowest BCUT2D eigenvalue weighted by Gasteiger charge is -2.18. The molecule has 0 aliphatic carbocycles. The van der Waals surface area contributed by atoms with Crippen molar-refractivity contribution < 1.29 is 0 Å². The number of thioether (sulfide) groups is 1. The summed E-state index contributed by atoms with van der Waals surface area (Å²) in [5, 5.41) is 6.79. The van der Waals surface area contributed by atoms with Crippen LogP contribution in [0, 0.1) is 13.8 Å². The highest BCUT2D eigenvalue weighted by molar-refractivity contribution is 7.99. The van der Waals surface area contributed by atoms with Crippen LogP contribution in [0.1, 0.15) is 38.6 Å². The third-order valence-corrected chi connectivity index (χ3v) is 3.82. The van der Waals surface area contributed by atoms with Crippen LogP contribution >= 0.6 is 11.8 Å². The SMILES string of the molecule is CCNc1nc(C)nc(NC(C)CCSCC)c1C. The van der Waals surface area contributed by atoms with Gasteiger partial charge < -0.3 is 10.6 Å². The van der Waals surface area contributed by atoms with Crippen LogP contribution in [0.3, 0.4) is 0 Å². The lowest BCUT2D eigenvalue weighted by atomic mass is 10.2. The van der Waals surface area contributed by atoms with E-state index in [4.69, 9.17) is 0 Å². The van der Waals surface area contributed by atoms with Crippen LogP contribution in [-0.2, 0) is 0 Å². The molecule has 0 saturated carbocycles. The smallest absolute Gasteiger partial charge is 0.134 e. The zero-order valence-electron chi connectivity index (χ0n) is 12.7. The van der Waals surface area contributed by atoms with Crippen molar-refractivity contribution in [1.29, 1.82) is 0 Å². The van der Waals surface area contributed by atoms with Crippen molar-refractivity contribution in [2.75, 3.05) is 28.7 Å². The summed E-state index contributed by atoms with van der Waals surface area (Å²) in [7, 11) is 0. The lowest BCUT2D eigenvalue weighted by molar-refractivity contribution is 0.762. The first-order chi connectivity index (χ1) is 9.08. The molecule has 0 aromatic carbocycles. The molecule has 1 heterocycles. The molecule has 1 atom stereocenters. The third kappa shape index (κ3) is 5.27. The molecule has 0 aliphatic heterocycles. The minimum Gasteiger partial charge on any atom is -0.370 e. The molecule has 0 spiro atoms. The van der Waals surface area contributed by atoms with Gasteiger partial charge in [0.05, 0.1) is 0 Å². The van der Waals surface area contributed by atoms with Crippen LogP contribution in [0.4, 0.5) is 11.6 Å². The summed E-state index contributed by atoms with van der Waals surface area (Å²) < 4.78 is 0. The Hall–Kier alpha value is -0.970. The minimum absolute atomic E-state index is 0.432. The summed E-state index contributed by atoms with van der Waals surface area (Å²) in [5.74, 6) is 5.07. The molecule has 1 aromatic heterocycles. The largest absolute Gasteiger partial charge is 0.370 e. The molecule has 5 heteroatoms. The van der Waals surface area contributed by atoms with Gasteiger partial charge in [-0.15, -0.1) is 0 Å². The first kappa shape index (κ1) is 16.1.